The van der Waals surface area contributed by atoms with Gasteiger partial charge < -0.3 is 0 Å². The third-order valence-corrected chi connectivity index (χ3v) is 6.36. The molecule has 0 spiro atoms. The number of anilines is 1. The topological polar surface area (TPSA) is 92.3 Å². The Kier molecular flexibility index (Phi) is 4.76. The zero-order chi connectivity index (χ0) is 14.0. The van der Waals surface area contributed by atoms with Gasteiger partial charge in [0.25, 0.3) is 0 Å². The SMILES string of the molecule is CNS(=O)(=O)c1cc(NS(=O)(=O)CBr)ccc1C. The lowest BCUT2D eigenvalue weighted by molar-refractivity contribution is 0.587. The number of aryl methyl sites for hydroxylation is 1. The molecule has 9 heteroatoms. The summed E-state index contributed by atoms with van der Waals surface area (Å²) < 4.78 is 50.3. The van der Waals surface area contributed by atoms with E-state index in [4.69, 9.17) is 0 Å². The molecular weight excluding hydrogens is 344 g/mol. The number of hydrogen-bond acceptors (Lipinski definition) is 4. The second-order valence-corrected chi connectivity index (χ2v) is 8.39. The van der Waals surface area contributed by atoms with E-state index in [0.717, 1.165) is 0 Å². The van der Waals surface area contributed by atoms with Gasteiger partial charge in [-0.05, 0) is 31.7 Å². The molecule has 0 aromatic heterocycles. The summed E-state index contributed by atoms with van der Waals surface area (Å²) in [6.45, 7) is 1.63. The molecule has 0 amide bonds. The number of rotatable bonds is 5. The normalized spacial score (nSPS) is 12.4. The predicted octanol–water partition coefficient (Wildman–Crippen LogP) is 0.997. The quantitative estimate of drug-likeness (QED) is 0.769. The average molecular weight is 357 g/mol. The maximum atomic E-state index is 11.7. The fraction of sp³-hybridized carbons (Fsp3) is 0.333. The Morgan fingerprint density at radius 1 is 1.22 bits per heavy atom. The van der Waals surface area contributed by atoms with Gasteiger partial charge >= 0.3 is 0 Å². The van der Waals surface area contributed by atoms with E-state index >= 15 is 0 Å². The van der Waals surface area contributed by atoms with Crippen LogP contribution in [-0.2, 0) is 20.0 Å². The molecule has 2 N–H and O–H groups in total. The summed E-state index contributed by atoms with van der Waals surface area (Å²) in [4.78, 5) is 0.0415. The van der Waals surface area contributed by atoms with E-state index in [1.807, 2.05) is 0 Å². The smallest absolute Gasteiger partial charge is 0.242 e. The first-order valence-corrected chi connectivity index (χ1v) is 9.08. The van der Waals surface area contributed by atoms with E-state index in [-0.39, 0.29) is 15.2 Å². The minimum absolute atomic E-state index is 0.0415. The van der Waals surface area contributed by atoms with Gasteiger partial charge in [0.15, 0.2) is 0 Å². The highest BCUT2D eigenvalue weighted by Crippen LogP contribution is 2.20. The van der Waals surface area contributed by atoms with Crippen molar-refractivity contribution in [1.29, 1.82) is 0 Å². The molecule has 0 bridgehead atoms. The summed E-state index contributed by atoms with van der Waals surface area (Å²) in [5, 5.41) is 0. The molecule has 1 aromatic carbocycles. The Balaban J connectivity index is 3.26. The Hall–Kier alpha value is -0.640. The molecular formula is C9H13BrN2O4S2. The second-order valence-electron chi connectivity index (χ2n) is 3.51. The van der Waals surface area contributed by atoms with Gasteiger partial charge in [0, 0.05) is 5.69 Å². The first-order valence-electron chi connectivity index (χ1n) is 4.82. The molecule has 0 unspecified atom stereocenters. The molecule has 0 atom stereocenters. The van der Waals surface area contributed by atoms with Gasteiger partial charge in [-0.3, -0.25) is 4.72 Å². The minimum atomic E-state index is -3.61. The average Bonchev–Trinajstić information content (AvgIpc) is 2.31. The summed E-state index contributed by atoms with van der Waals surface area (Å²) in [7, 11) is -5.82. The summed E-state index contributed by atoms with van der Waals surface area (Å²) in [6.07, 6.45) is 0. The lowest BCUT2D eigenvalue weighted by Crippen LogP contribution is -2.20. The van der Waals surface area contributed by atoms with Crippen molar-refractivity contribution in [2.45, 2.75) is 11.8 Å². The second kappa shape index (κ2) is 5.55. The number of alkyl halides is 1. The molecule has 0 fully saturated rings. The van der Waals surface area contributed by atoms with Crippen LogP contribution < -0.4 is 9.44 Å². The third kappa shape index (κ3) is 3.67. The zero-order valence-electron chi connectivity index (χ0n) is 9.77. The number of hydrogen-bond donors (Lipinski definition) is 2. The molecule has 0 heterocycles. The van der Waals surface area contributed by atoms with Crippen molar-refractivity contribution in [3.05, 3.63) is 23.8 Å². The van der Waals surface area contributed by atoms with E-state index in [0.29, 0.717) is 5.56 Å². The van der Waals surface area contributed by atoms with Crippen molar-refractivity contribution in [3.63, 3.8) is 0 Å². The lowest BCUT2D eigenvalue weighted by atomic mass is 10.2. The first-order chi connectivity index (χ1) is 8.22. The standard InChI is InChI=1S/C9H13BrN2O4S2/c1-7-3-4-8(12-17(13,14)6-10)5-9(7)18(15,16)11-2/h3-5,11-12H,6H2,1-2H3. The summed E-state index contributed by atoms with van der Waals surface area (Å²) in [5.41, 5.74) is 0.736. The van der Waals surface area contributed by atoms with E-state index < -0.39 is 20.0 Å². The van der Waals surface area contributed by atoms with Crippen LogP contribution in [0.3, 0.4) is 0 Å². The Morgan fingerprint density at radius 2 is 1.83 bits per heavy atom. The van der Waals surface area contributed by atoms with Crippen molar-refractivity contribution in [2.75, 3.05) is 16.4 Å². The summed E-state index contributed by atoms with van der Waals surface area (Å²) in [6, 6.07) is 4.32. The Labute approximate surface area is 115 Å². The van der Waals surface area contributed by atoms with Crippen LogP contribution in [0.1, 0.15) is 5.56 Å². The number of benzene rings is 1. The fourth-order valence-corrected chi connectivity index (χ4v) is 3.15. The van der Waals surface area contributed by atoms with Crippen LogP contribution in [0.5, 0.6) is 0 Å². The highest BCUT2D eigenvalue weighted by molar-refractivity contribution is 9.10. The largest absolute Gasteiger partial charge is 0.283 e. The van der Waals surface area contributed by atoms with Gasteiger partial charge in [-0.1, -0.05) is 22.0 Å². The summed E-state index contributed by atoms with van der Waals surface area (Å²) >= 11 is 2.83. The fourth-order valence-electron chi connectivity index (χ4n) is 1.27. The van der Waals surface area contributed by atoms with Crippen LogP contribution >= 0.6 is 15.9 Å². The molecule has 0 saturated carbocycles. The van der Waals surface area contributed by atoms with Crippen molar-refractivity contribution < 1.29 is 16.8 Å². The Bertz CT molecular complexity index is 641. The molecule has 0 aliphatic rings. The molecule has 0 aliphatic carbocycles. The van der Waals surface area contributed by atoms with E-state index in [2.05, 4.69) is 25.4 Å². The van der Waals surface area contributed by atoms with Crippen LogP contribution in [0.25, 0.3) is 0 Å². The molecule has 0 aliphatic heterocycles. The van der Waals surface area contributed by atoms with Gasteiger partial charge in [-0.15, -0.1) is 0 Å². The maximum Gasteiger partial charge on any atom is 0.242 e. The zero-order valence-corrected chi connectivity index (χ0v) is 13.0. The third-order valence-electron chi connectivity index (χ3n) is 2.16. The Morgan fingerprint density at radius 3 is 2.33 bits per heavy atom. The van der Waals surface area contributed by atoms with E-state index in [9.17, 15) is 16.8 Å². The molecule has 102 valence electrons. The number of sulfonamides is 2. The van der Waals surface area contributed by atoms with Crippen LogP contribution in [0, 0.1) is 6.92 Å². The van der Waals surface area contributed by atoms with Crippen LogP contribution in [0.2, 0.25) is 0 Å². The van der Waals surface area contributed by atoms with Gasteiger partial charge in [0.2, 0.25) is 20.0 Å². The highest BCUT2D eigenvalue weighted by Gasteiger charge is 2.16. The summed E-state index contributed by atoms with van der Waals surface area (Å²) in [5.74, 6) is 0. The molecule has 0 saturated heterocycles. The minimum Gasteiger partial charge on any atom is -0.283 e. The lowest BCUT2D eigenvalue weighted by Gasteiger charge is -2.10. The highest BCUT2D eigenvalue weighted by atomic mass is 79.9. The monoisotopic (exact) mass is 356 g/mol. The first kappa shape index (κ1) is 15.4. The number of nitrogens with one attached hydrogen (secondary N) is 2. The van der Waals surface area contributed by atoms with Crippen molar-refractivity contribution in [3.8, 4) is 0 Å². The van der Waals surface area contributed by atoms with Crippen LogP contribution in [-0.4, -0.2) is 28.5 Å². The van der Waals surface area contributed by atoms with Gasteiger partial charge in [-0.25, -0.2) is 21.6 Å². The number of halogens is 1. The van der Waals surface area contributed by atoms with Gasteiger partial charge in [-0.2, -0.15) is 0 Å². The maximum absolute atomic E-state index is 11.7. The molecule has 0 radical (unpaired) electrons. The molecule has 18 heavy (non-hydrogen) atoms. The predicted molar refractivity (Wildman–Crippen MR) is 73.8 cm³/mol. The van der Waals surface area contributed by atoms with E-state index in [1.165, 1.54) is 25.2 Å². The molecule has 1 rings (SSSR count). The van der Waals surface area contributed by atoms with Gasteiger partial charge in [0.05, 0.1) is 4.90 Å². The van der Waals surface area contributed by atoms with Crippen molar-refractivity contribution in [1.82, 2.24) is 4.72 Å². The van der Waals surface area contributed by atoms with Crippen LogP contribution in [0.15, 0.2) is 23.1 Å². The van der Waals surface area contributed by atoms with Crippen LogP contribution in [0.4, 0.5) is 5.69 Å². The van der Waals surface area contributed by atoms with Crippen molar-refractivity contribution >= 4 is 41.7 Å². The molecule has 6 nitrogen and oxygen atoms in total. The van der Waals surface area contributed by atoms with E-state index in [1.54, 1.807) is 6.92 Å². The van der Waals surface area contributed by atoms with Gasteiger partial charge in [0.1, 0.15) is 4.66 Å². The molecule has 1 aromatic rings. The van der Waals surface area contributed by atoms with Crippen molar-refractivity contribution in [2.24, 2.45) is 0 Å².